The fourth-order valence-corrected chi connectivity index (χ4v) is 1.29. The third-order valence-corrected chi connectivity index (χ3v) is 2.06. The highest BCUT2D eigenvalue weighted by Crippen LogP contribution is 2.12. The zero-order valence-electron chi connectivity index (χ0n) is 8.53. The Morgan fingerprint density at radius 1 is 1.29 bits per heavy atom. The average Bonchev–Trinajstić information content (AvgIpc) is 2.17. The normalized spacial score (nSPS) is 10.0. The topological polar surface area (TPSA) is 49.7 Å². The largest absolute Gasteiger partial charge is 0.494 e. The summed E-state index contributed by atoms with van der Waals surface area (Å²) in [6, 6.07) is 5.41. The third-order valence-electron chi connectivity index (χ3n) is 2.06. The molecule has 0 amide bonds. The molecule has 0 atom stereocenters. The Morgan fingerprint density at radius 3 is 2.50 bits per heavy atom. The zero-order valence-corrected chi connectivity index (χ0v) is 8.53. The second kappa shape index (κ2) is 5.03. The van der Waals surface area contributed by atoms with Crippen LogP contribution in [0.5, 0.6) is 5.75 Å². The molecule has 0 bridgehead atoms. The monoisotopic (exact) mass is 194 g/mol. The van der Waals surface area contributed by atoms with Gasteiger partial charge in [-0.3, -0.25) is 0 Å². The number of ether oxygens (including phenoxy) is 1. The van der Waals surface area contributed by atoms with Crippen LogP contribution in [0.1, 0.15) is 19.4 Å². The van der Waals surface area contributed by atoms with Crippen molar-refractivity contribution in [1.82, 2.24) is 0 Å². The SMILES string of the molecule is CCOc1cc(CC)ccc1B(O)O. The minimum atomic E-state index is -1.47. The molecule has 0 heterocycles. The van der Waals surface area contributed by atoms with Crippen molar-refractivity contribution in [2.75, 3.05) is 6.61 Å². The van der Waals surface area contributed by atoms with E-state index in [4.69, 9.17) is 14.8 Å². The van der Waals surface area contributed by atoms with Crippen molar-refractivity contribution in [2.45, 2.75) is 20.3 Å². The molecule has 14 heavy (non-hydrogen) atoms. The highest BCUT2D eigenvalue weighted by molar-refractivity contribution is 6.59. The van der Waals surface area contributed by atoms with Crippen LogP contribution in [0.15, 0.2) is 18.2 Å². The minimum Gasteiger partial charge on any atom is -0.494 e. The van der Waals surface area contributed by atoms with E-state index in [-0.39, 0.29) is 0 Å². The van der Waals surface area contributed by atoms with Crippen LogP contribution in [0.25, 0.3) is 0 Å². The molecule has 0 aliphatic rings. The molecule has 0 aliphatic heterocycles. The van der Waals surface area contributed by atoms with E-state index in [0.717, 1.165) is 12.0 Å². The molecule has 3 nitrogen and oxygen atoms in total. The lowest BCUT2D eigenvalue weighted by molar-refractivity contribution is 0.339. The van der Waals surface area contributed by atoms with E-state index >= 15 is 0 Å². The minimum absolute atomic E-state index is 0.420. The molecule has 1 aromatic carbocycles. The van der Waals surface area contributed by atoms with Crippen molar-refractivity contribution < 1.29 is 14.8 Å². The van der Waals surface area contributed by atoms with Gasteiger partial charge in [-0.25, -0.2) is 0 Å². The van der Waals surface area contributed by atoms with Crippen LogP contribution in [0, 0.1) is 0 Å². The van der Waals surface area contributed by atoms with Gasteiger partial charge in [-0.2, -0.15) is 0 Å². The maximum absolute atomic E-state index is 9.07. The second-order valence-corrected chi connectivity index (χ2v) is 3.03. The van der Waals surface area contributed by atoms with Gasteiger partial charge < -0.3 is 14.8 Å². The van der Waals surface area contributed by atoms with Gasteiger partial charge in [0.05, 0.1) is 6.61 Å². The highest BCUT2D eigenvalue weighted by atomic mass is 16.5. The van der Waals surface area contributed by atoms with E-state index in [0.29, 0.717) is 17.8 Å². The molecule has 4 heteroatoms. The highest BCUT2D eigenvalue weighted by Gasteiger charge is 2.16. The van der Waals surface area contributed by atoms with E-state index < -0.39 is 7.12 Å². The molecule has 1 rings (SSSR count). The molecule has 0 saturated heterocycles. The predicted molar refractivity (Wildman–Crippen MR) is 56.8 cm³/mol. The van der Waals surface area contributed by atoms with Crippen LogP contribution in [0.4, 0.5) is 0 Å². The number of rotatable bonds is 4. The summed E-state index contributed by atoms with van der Waals surface area (Å²) in [4.78, 5) is 0. The van der Waals surface area contributed by atoms with Gasteiger partial charge in [-0.15, -0.1) is 0 Å². The quantitative estimate of drug-likeness (QED) is 0.679. The summed E-state index contributed by atoms with van der Waals surface area (Å²) in [5.74, 6) is 0.557. The summed E-state index contributed by atoms with van der Waals surface area (Å²) in [5.41, 5.74) is 1.54. The molecule has 76 valence electrons. The van der Waals surface area contributed by atoms with E-state index in [1.807, 2.05) is 26.0 Å². The third kappa shape index (κ3) is 2.50. The zero-order chi connectivity index (χ0) is 10.6. The van der Waals surface area contributed by atoms with Gasteiger partial charge in [0.1, 0.15) is 5.75 Å². The maximum atomic E-state index is 9.07. The van der Waals surface area contributed by atoms with Gasteiger partial charge in [-0.05, 0) is 25.0 Å². The van der Waals surface area contributed by atoms with Crippen molar-refractivity contribution in [3.05, 3.63) is 23.8 Å². The Hall–Kier alpha value is -0.995. The van der Waals surface area contributed by atoms with E-state index in [2.05, 4.69) is 0 Å². The second-order valence-electron chi connectivity index (χ2n) is 3.03. The van der Waals surface area contributed by atoms with Crippen molar-refractivity contribution in [3.8, 4) is 5.75 Å². The summed E-state index contributed by atoms with van der Waals surface area (Å²) in [5, 5.41) is 18.1. The summed E-state index contributed by atoms with van der Waals surface area (Å²) >= 11 is 0. The summed E-state index contributed by atoms with van der Waals surface area (Å²) in [6.45, 7) is 4.43. The van der Waals surface area contributed by atoms with Gasteiger partial charge in [0.25, 0.3) is 0 Å². The Balaban J connectivity index is 3.03. The van der Waals surface area contributed by atoms with Crippen molar-refractivity contribution in [2.24, 2.45) is 0 Å². The lowest BCUT2D eigenvalue weighted by Gasteiger charge is -2.10. The number of aryl methyl sites for hydroxylation is 1. The first-order valence-corrected chi connectivity index (χ1v) is 4.80. The van der Waals surface area contributed by atoms with Gasteiger partial charge in [0.15, 0.2) is 0 Å². The number of hydrogen-bond donors (Lipinski definition) is 2. The lowest BCUT2D eigenvalue weighted by Crippen LogP contribution is -2.31. The van der Waals surface area contributed by atoms with Crippen molar-refractivity contribution in [1.29, 1.82) is 0 Å². The molecule has 0 saturated carbocycles. The van der Waals surface area contributed by atoms with Gasteiger partial charge in [0.2, 0.25) is 0 Å². The van der Waals surface area contributed by atoms with Crippen molar-refractivity contribution in [3.63, 3.8) is 0 Å². The first kappa shape index (κ1) is 11.1. The van der Waals surface area contributed by atoms with E-state index in [9.17, 15) is 0 Å². The maximum Gasteiger partial charge on any atom is 0.492 e. The standard InChI is InChI=1S/C10H15BO3/c1-3-8-5-6-9(11(12)13)10(7-8)14-4-2/h5-7,12-13H,3-4H2,1-2H3. The predicted octanol–water partition coefficient (Wildman–Crippen LogP) is 0.327. The van der Waals surface area contributed by atoms with E-state index in [1.165, 1.54) is 0 Å². The van der Waals surface area contributed by atoms with Crippen LogP contribution < -0.4 is 10.2 Å². The van der Waals surface area contributed by atoms with Gasteiger partial charge in [-0.1, -0.05) is 19.1 Å². The fourth-order valence-electron chi connectivity index (χ4n) is 1.29. The molecule has 0 fully saturated rings. The van der Waals surface area contributed by atoms with E-state index in [1.54, 1.807) is 6.07 Å². The summed E-state index contributed by atoms with van der Waals surface area (Å²) in [7, 11) is -1.47. The summed E-state index contributed by atoms with van der Waals surface area (Å²) in [6.07, 6.45) is 0.905. The molecule has 0 radical (unpaired) electrons. The molecule has 0 unspecified atom stereocenters. The Morgan fingerprint density at radius 2 is 2.00 bits per heavy atom. The average molecular weight is 194 g/mol. The van der Waals surface area contributed by atoms with Crippen LogP contribution >= 0.6 is 0 Å². The smallest absolute Gasteiger partial charge is 0.492 e. The molecule has 0 aliphatic carbocycles. The van der Waals surface area contributed by atoms with Crippen LogP contribution in [0.3, 0.4) is 0 Å². The molecule has 0 aromatic heterocycles. The van der Waals surface area contributed by atoms with Crippen molar-refractivity contribution >= 4 is 12.6 Å². The molecular formula is C10H15BO3. The number of benzene rings is 1. The summed E-state index contributed by atoms with van der Waals surface area (Å²) < 4.78 is 5.32. The van der Waals surface area contributed by atoms with Crippen LogP contribution in [0.2, 0.25) is 0 Å². The number of hydrogen-bond acceptors (Lipinski definition) is 3. The first-order valence-electron chi connectivity index (χ1n) is 4.80. The molecular weight excluding hydrogens is 179 g/mol. The fraction of sp³-hybridized carbons (Fsp3) is 0.400. The van der Waals surface area contributed by atoms with Gasteiger partial charge >= 0.3 is 7.12 Å². The Bertz CT molecular complexity index is 299. The molecule has 1 aromatic rings. The lowest BCUT2D eigenvalue weighted by atomic mass is 9.79. The Labute approximate surface area is 84.5 Å². The molecule has 2 N–H and O–H groups in total. The first-order chi connectivity index (χ1) is 6.69. The molecule has 0 spiro atoms. The van der Waals surface area contributed by atoms with Crippen LogP contribution in [-0.2, 0) is 6.42 Å². The van der Waals surface area contributed by atoms with Crippen LogP contribution in [-0.4, -0.2) is 23.8 Å². The Kier molecular flexibility index (Phi) is 3.98. The van der Waals surface area contributed by atoms with Gasteiger partial charge in [0, 0.05) is 5.46 Å².